The second-order valence-electron chi connectivity index (χ2n) is 3.12. The summed E-state index contributed by atoms with van der Waals surface area (Å²) >= 11 is 1.39. The van der Waals surface area contributed by atoms with E-state index in [9.17, 15) is 4.79 Å². The van der Waals surface area contributed by atoms with Gasteiger partial charge in [-0.15, -0.1) is 11.3 Å². The normalized spacial score (nSPS) is 10.3. The number of amides is 1. The lowest BCUT2D eigenvalue weighted by atomic mass is 10.4. The van der Waals surface area contributed by atoms with Gasteiger partial charge in [0.1, 0.15) is 11.5 Å². The predicted octanol–water partition coefficient (Wildman–Crippen LogP) is 1.44. The van der Waals surface area contributed by atoms with Crippen LogP contribution in [0.15, 0.2) is 17.0 Å². The molecule has 0 aliphatic heterocycles. The summed E-state index contributed by atoms with van der Waals surface area (Å²) in [5.41, 5.74) is 2.92. The summed E-state index contributed by atoms with van der Waals surface area (Å²) in [5.74, 6) is 0.463. The number of rotatable bonds is 2. The molecule has 0 spiro atoms. The van der Waals surface area contributed by atoms with Crippen molar-refractivity contribution in [2.24, 2.45) is 7.05 Å². The number of carbonyl (C=O) groups excluding carboxylic acids is 1. The first kappa shape index (κ1) is 9.85. The van der Waals surface area contributed by atoms with Crippen molar-refractivity contribution in [3.8, 4) is 0 Å². The zero-order valence-electron chi connectivity index (χ0n) is 8.39. The Morgan fingerprint density at radius 3 is 2.93 bits per heavy atom. The van der Waals surface area contributed by atoms with Gasteiger partial charge in [-0.3, -0.25) is 9.48 Å². The molecule has 2 heterocycles. The Morgan fingerprint density at radius 1 is 1.60 bits per heavy atom. The molecule has 1 amide bonds. The number of hydrogen-bond acceptors (Lipinski definition) is 4. The van der Waals surface area contributed by atoms with E-state index >= 15 is 0 Å². The molecule has 6 heteroatoms. The zero-order chi connectivity index (χ0) is 10.8. The van der Waals surface area contributed by atoms with E-state index in [2.05, 4.69) is 15.4 Å². The van der Waals surface area contributed by atoms with Crippen molar-refractivity contribution >= 4 is 23.1 Å². The molecular weight excluding hydrogens is 212 g/mol. The van der Waals surface area contributed by atoms with E-state index in [1.54, 1.807) is 22.6 Å². The van der Waals surface area contributed by atoms with Gasteiger partial charge in [-0.2, -0.15) is 5.10 Å². The summed E-state index contributed by atoms with van der Waals surface area (Å²) in [4.78, 5) is 15.6. The van der Waals surface area contributed by atoms with Crippen LogP contribution in [-0.2, 0) is 7.05 Å². The maximum absolute atomic E-state index is 11.6. The van der Waals surface area contributed by atoms with Crippen molar-refractivity contribution in [2.75, 3.05) is 5.32 Å². The first-order valence-corrected chi connectivity index (χ1v) is 5.31. The van der Waals surface area contributed by atoms with E-state index in [0.29, 0.717) is 11.5 Å². The topological polar surface area (TPSA) is 59.8 Å². The number of nitrogens with one attached hydrogen (secondary N) is 1. The first-order valence-electron chi connectivity index (χ1n) is 4.37. The summed E-state index contributed by atoms with van der Waals surface area (Å²) in [6, 6.07) is 1.81. The number of hydrogen-bond donors (Lipinski definition) is 1. The third kappa shape index (κ3) is 2.04. The van der Waals surface area contributed by atoms with E-state index in [-0.39, 0.29) is 5.91 Å². The molecule has 0 radical (unpaired) electrons. The number of aromatic nitrogens is 3. The van der Waals surface area contributed by atoms with E-state index in [0.717, 1.165) is 5.69 Å². The molecule has 15 heavy (non-hydrogen) atoms. The minimum atomic E-state index is -0.209. The quantitative estimate of drug-likeness (QED) is 0.836. The minimum Gasteiger partial charge on any atom is -0.305 e. The van der Waals surface area contributed by atoms with Gasteiger partial charge in [-0.05, 0) is 6.92 Å². The summed E-state index contributed by atoms with van der Waals surface area (Å²) < 4.78 is 1.62. The second kappa shape index (κ2) is 3.82. The first-order chi connectivity index (χ1) is 7.16. The lowest BCUT2D eigenvalue weighted by Crippen LogP contribution is -2.14. The van der Waals surface area contributed by atoms with Gasteiger partial charge in [0.15, 0.2) is 0 Å². The Hall–Kier alpha value is -1.69. The van der Waals surface area contributed by atoms with E-state index in [1.165, 1.54) is 11.3 Å². The monoisotopic (exact) mass is 222 g/mol. The highest BCUT2D eigenvalue weighted by atomic mass is 32.1. The largest absolute Gasteiger partial charge is 0.305 e. The summed E-state index contributed by atoms with van der Waals surface area (Å²) in [6.07, 6.45) is 0. The summed E-state index contributed by atoms with van der Waals surface area (Å²) in [7, 11) is 1.78. The van der Waals surface area contributed by atoms with Crippen LogP contribution in [0, 0.1) is 6.92 Å². The molecule has 0 saturated heterocycles. The van der Waals surface area contributed by atoms with Gasteiger partial charge in [0.25, 0.3) is 5.91 Å². The third-order valence-electron chi connectivity index (χ3n) is 1.91. The molecule has 78 valence electrons. The maximum Gasteiger partial charge on any atom is 0.276 e. The molecule has 0 aromatic carbocycles. The van der Waals surface area contributed by atoms with Crippen LogP contribution in [0.3, 0.4) is 0 Å². The number of carbonyl (C=O) groups is 1. The van der Waals surface area contributed by atoms with Crippen LogP contribution in [0.4, 0.5) is 5.82 Å². The van der Waals surface area contributed by atoms with Gasteiger partial charge in [0, 0.05) is 18.5 Å². The third-order valence-corrected chi connectivity index (χ3v) is 2.50. The highest BCUT2D eigenvalue weighted by molar-refractivity contribution is 7.07. The molecular formula is C9H10N4OS. The van der Waals surface area contributed by atoms with Crippen LogP contribution in [0.2, 0.25) is 0 Å². The second-order valence-corrected chi connectivity index (χ2v) is 3.84. The van der Waals surface area contributed by atoms with Crippen LogP contribution in [0.1, 0.15) is 16.2 Å². The molecule has 0 fully saturated rings. The summed E-state index contributed by atoms with van der Waals surface area (Å²) in [6.45, 7) is 1.87. The molecule has 0 atom stereocenters. The lowest BCUT2D eigenvalue weighted by molar-refractivity contribution is 0.102. The van der Waals surface area contributed by atoms with Crippen molar-refractivity contribution in [3.63, 3.8) is 0 Å². The Kier molecular flexibility index (Phi) is 2.51. The Balaban J connectivity index is 2.16. The van der Waals surface area contributed by atoms with Crippen molar-refractivity contribution in [1.29, 1.82) is 0 Å². The van der Waals surface area contributed by atoms with E-state index in [1.807, 2.05) is 13.0 Å². The smallest absolute Gasteiger partial charge is 0.276 e. The highest BCUT2D eigenvalue weighted by Gasteiger charge is 2.10. The Morgan fingerprint density at radius 2 is 2.40 bits per heavy atom. The van der Waals surface area contributed by atoms with Crippen molar-refractivity contribution in [2.45, 2.75) is 6.92 Å². The molecule has 0 saturated carbocycles. The molecule has 1 N–H and O–H groups in total. The van der Waals surface area contributed by atoms with E-state index in [4.69, 9.17) is 0 Å². The molecule has 0 aliphatic carbocycles. The standard InChI is InChI=1S/C9H10N4OS/c1-6-3-8(13(2)12-6)11-9(14)7-4-15-5-10-7/h3-5H,1-2H3,(H,11,14). The van der Waals surface area contributed by atoms with Gasteiger partial charge in [-0.1, -0.05) is 0 Å². The van der Waals surface area contributed by atoms with Crippen LogP contribution in [0.25, 0.3) is 0 Å². The van der Waals surface area contributed by atoms with Crippen molar-refractivity contribution in [3.05, 3.63) is 28.3 Å². The SMILES string of the molecule is Cc1cc(NC(=O)c2cscn2)n(C)n1. The fourth-order valence-corrected chi connectivity index (χ4v) is 1.76. The number of anilines is 1. The van der Waals surface area contributed by atoms with Gasteiger partial charge >= 0.3 is 0 Å². The minimum absolute atomic E-state index is 0.209. The van der Waals surface area contributed by atoms with Crippen LogP contribution in [0.5, 0.6) is 0 Å². The van der Waals surface area contributed by atoms with Gasteiger partial charge in [0.05, 0.1) is 11.2 Å². The Labute approximate surface area is 90.8 Å². The molecule has 2 aromatic rings. The summed E-state index contributed by atoms with van der Waals surface area (Å²) in [5, 5.41) is 8.58. The number of nitrogens with zero attached hydrogens (tertiary/aromatic N) is 3. The van der Waals surface area contributed by atoms with Crippen LogP contribution < -0.4 is 5.32 Å². The van der Waals surface area contributed by atoms with Gasteiger partial charge in [-0.25, -0.2) is 4.98 Å². The number of thiazole rings is 1. The molecule has 2 aromatic heterocycles. The van der Waals surface area contributed by atoms with Crippen LogP contribution in [-0.4, -0.2) is 20.7 Å². The van der Waals surface area contributed by atoms with Crippen molar-refractivity contribution in [1.82, 2.24) is 14.8 Å². The number of aryl methyl sites for hydroxylation is 2. The van der Waals surface area contributed by atoms with Crippen molar-refractivity contribution < 1.29 is 4.79 Å². The molecule has 0 aliphatic rings. The van der Waals surface area contributed by atoms with Crippen LogP contribution >= 0.6 is 11.3 Å². The zero-order valence-corrected chi connectivity index (χ0v) is 9.21. The fraction of sp³-hybridized carbons (Fsp3) is 0.222. The van der Waals surface area contributed by atoms with Gasteiger partial charge < -0.3 is 5.32 Å². The van der Waals surface area contributed by atoms with Gasteiger partial charge in [0.2, 0.25) is 0 Å². The average molecular weight is 222 g/mol. The molecule has 2 rings (SSSR count). The highest BCUT2D eigenvalue weighted by Crippen LogP contribution is 2.10. The lowest BCUT2D eigenvalue weighted by Gasteiger charge is -2.01. The van der Waals surface area contributed by atoms with E-state index < -0.39 is 0 Å². The molecule has 0 unspecified atom stereocenters. The predicted molar refractivity (Wildman–Crippen MR) is 58.0 cm³/mol. The Bertz CT molecular complexity index is 474. The molecule has 0 bridgehead atoms. The average Bonchev–Trinajstić information content (AvgIpc) is 2.76. The maximum atomic E-state index is 11.6. The fourth-order valence-electron chi connectivity index (χ4n) is 1.23. The molecule has 5 nitrogen and oxygen atoms in total.